The van der Waals surface area contributed by atoms with Gasteiger partial charge >= 0.3 is 0 Å². The second-order valence-electron chi connectivity index (χ2n) is 5.72. The SMILES string of the molecule is CC(=O)N[C@@H]1CC[C@H](CCNC(=O)C2CC2)O[C@H]1CO. The molecule has 2 aliphatic rings. The highest BCUT2D eigenvalue weighted by Crippen LogP contribution is 2.28. The van der Waals surface area contributed by atoms with Crippen LogP contribution in [-0.2, 0) is 14.3 Å². The molecule has 1 heterocycles. The van der Waals surface area contributed by atoms with E-state index in [1.54, 1.807) is 0 Å². The van der Waals surface area contributed by atoms with Gasteiger partial charge < -0.3 is 20.5 Å². The van der Waals surface area contributed by atoms with Gasteiger partial charge in [-0.1, -0.05) is 0 Å². The Morgan fingerprint density at radius 3 is 2.60 bits per heavy atom. The summed E-state index contributed by atoms with van der Waals surface area (Å²) >= 11 is 0. The highest BCUT2D eigenvalue weighted by atomic mass is 16.5. The topological polar surface area (TPSA) is 87.7 Å². The van der Waals surface area contributed by atoms with E-state index in [1.807, 2.05) is 0 Å². The minimum atomic E-state index is -0.350. The average Bonchev–Trinajstić information content (AvgIpc) is 3.24. The van der Waals surface area contributed by atoms with Gasteiger partial charge in [0.2, 0.25) is 11.8 Å². The van der Waals surface area contributed by atoms with Crippen molar-refractivity contribution in [2.45, 2.75) is 57.3 Å². The molecule has 3 atom stereocenters. The maximum atomic E-state index is 11.5. The quantitative estimate of drug-likeness (QED) is 0.638. The van der Waals surface area contributed by atoms with Crippen molar-refractivity contribution in [3.63, 3.8) is 0 Å². The predicted molar refractivity (Wildman–Crippen MR) is 72.9 cm³/mol. The summed E-state index contributed by atoms with van der Waals surface area (Å²) in [6.07, 6.45) is 4.09. The summed E-state index contributed by atoms with van der Waals surface area (Å²) in [4.78, 5) is 22.6. The standard InChI is InChI=1S/C14H24N2O4/c1-9(18)16-12-5-4-11(20-13(12)8-17)6-7-15-14(19)10-2-3-10/h10-13,17H,2-8H2,1H3,(H,15,19)(H,16,18)/t11-,12-,13+/m1/s1. The largest absolute Gasteiger partial charge is 0.394 e. The molecule has 2 amide bonds. The van der Waals surface area contributed by atoms with E-state index in [0.29, 0.717) is 6.54 Å². The van der Waals surface area contributed by atoms with Crippen molar-refractivity contribution in [2.75, 3.05) is 13.2 Å². The molecule has 6 heteroatoms. The lowest BCUT2D eigenvalue weighted by molar-refractivity contribution is -0.127. The Labute approximate surface area is 119 Å². The molecule has 0 aromatic heterocycles. The molecule has 20 heavy (non-hydrogen) atoms. The van der Waals surface area contributed by atoms with Crippen molar-refractivity contribution in [2.24, 2.45) is 5.92 Å². The number of nitrogens with one attached hydrogen (secondary N) is 2. The Hall–Kier alpha value is -1.14. The lowest BCUT2D eigenvalue weighted by Crippen LogP contribution is -2.50. The molecule has 1 saturated carbocycles. The number of hydrogen-bond donors (Lipinski definition) is 3. The summed E-state index contributed by atoms with van der Waals surface area (Å²) < 4.78 is 5.79. The van der Waals surface area contributed by atoms with Crippen molar-refractivity contribution in [3.05, 3.63) is 0 Å². The smallest absolute Gasteiger partial charge is 0.223 e. The van der Waals surface area contributed by atoms with Gasteiger partial charge in [0.15, 0.2) is 0 Å². The summed E-state index contributed by atoms with van der Waals surface area (Å²) in [5, 5.41) is 15.1. The third kappa shape index (κ3) is 4.45. The summed E-state index contributed by atoms with van der Waals surface area (Å²) in [7, 11) is 0. The fourth-order valence-corrected chi connectivity index (χ4v) is 2.62. The van der Waals surface area contributed by atoms with E-state index in [1.165, 1.54) is 6.92 Å². The lowest BCUT2D eigenvalue weighted by Gasteiger charge is -2.36. The van der Waals surface area contributed by atoms with Crippen LogP contribution < -0.4 is 10.6 Å². The van der Waals surface area contributed by atoms with Gasteiger partial charge in [-0.15, -0.1) is 0 Å². The number of rotatable bonds is 6. The first-order valence-corrected chi connectivity index (χ1v) is 7.41. The molecule has 114 valence electrons. The molecular weight excluding hydrogens is 260 g/mol. The fraction of sp³-hybridized carbons (Fsp3) is 0.857. The highest BCUT2D eigenvalue weighted by molar-refractivity contribution is 5.80. The van der Waals surface area contributed by atoms with Crippen molar-refractivity contribution in [1.82, 2.24) is 10.6 Å². The molecule has 6 nitrogen and oxygen atoms in total. The van der Waals surface area contributed by atoms with E-state index >= 15 is 0 Å². The molecule has 0 aromatic carbocycles. The first-order chi connectivity index (χ1) is 9.60. The van der Waals surface area contributed by atoms with Crippen LogP contribution in [0.25, 0.3) is 0 Å². The summed E-state index contributed by atoms with van der Waals surface area (Å²) in [5.41, 5.74) is 0. The van der Waals surface area contributed by atoms with Crippen molar-refractivity contribution < 1.29 is 19.4 Å². The average molecular weight is 284 g/mol. The normalized spacial score (nSPS) is 29.8. The first-order valence-electron chi connectivity index (χ1n) is 7.41. The number of hydrogen-bond acceptors (Lipinski definition) is 4. The Morgan fingerprint density at radius 2 is 2.00 bits per heavy atom. The molecule has 2 fully saturated rings. The summed E-state index contributed by atoms with van der Waals surface area (Å²) in [5.74, 6) is 0.277. The zero-order valence-corrected chi connectivity index (χ0v) is 11.9. The molecule has 3 N–H and O–H groups in total. The van der Waals surface area contributed by atoms with Gasteiger partial charge in [0, 0.05) is 19.4 Å². The highest BCUT2D eigenvalue weighted by Gasteiger charge is 2.32. The van der Waals surface area contributed by atoms with Crippen molar-refractivity contribution in [1.29, 1.82) is 0 Å². The van der Waals surface area contributed by atoms with E-state index in [-0.39, 0.29) is 42.6 Å². The fourth-order valence-electron chi connectivity index (χ4n) is 2.62. The molecule has 1 aliphatic heterocycles. The van der Waals surface area contributed by atoms with Crippen LogP contribution in [0.5, 0.6) is 0 Å². The molecule has 2 rings (SSSR count). The molecule has 0 aromatic rings. The van der Waals surface area contributed by atoms with Gasteiger partial charge in [-0.25, -0.2) is 0 Å². The number of aliphatic hydroxyl groups is 1. The van der Waals surface area contributed by atoms with E-state index in [0.717, 1.165) is 32.1 Å². The van der Waals surface area contributed by atoms with Crippen molar-refractivity contribution >= 4 is 11.8 Å². The van der Waals surface area contributed by atoms with Gasteiger partial charge in [0.25, 0.3) is 0 Å². The zero-order valence-electron chi connectivity index (χ0n) is 11.9. The van der Waals surface area contributed by atoms with Gasteiger partial charge in [0.1, 0.15) is 6.10 Å². The number of carbonyl (C=O) groups is 2. The van der Waals surface area contributed by atoms with Crippen LogP contribution in [0.4, 0.5) is 0 Å². The maximum Gasteiger partial charge on any atom is 0.223 e. The summed E-state index contributed by atoms with van der Waals surface area (Å²) in [6, 6.07) is -0.116. The van der Waals surface area contributed by atoms with E-state index in [9.17, 15) is 14.7 Å². The van der Waals surface area contributed by atoms with Gasteiger partial charge in [-0.3, -0.25) is 9.59 Å². The van der Waals surface area contributed by atoms with E-state index < -0.39 is 0 Å². The molecular formula is C14H24N2O4. The van der Waals surface area contributed by atoms with Crippen LogP contribution in [0.3, 0.4) is 0 Å². The molecule has 1 saturated heterocycles. The molecule has 1 aliphatic carbocycles. The van der Waals surface area contributed by atoms with E-state index in [4.69, 9.17) is 4.74 Å². The monoisotopic (exact) mass is 284 g/mol. The Balaban J connectivity index is 1.69. The van der Waals surface area contributed by atoms with Crippen LogP contribution in [0, 0.1) is 5.92 Å². The van der Waals surface area contributed by atoms with E-state index in [2.05, 4.69) is 10.6 Å². The third-order valence-electron chi connectivity index (χ3n) is 3.90. The van der Waals surface area contributed by atoms with Crippen LogP contribution in [0.2, 0.25) is 0 Å². The van der Waals surface area contributed by atoms with Crippen LogP contribution in [-0.4, -0.2) is 48.3 Å². The Morgan fingerprint density at radius 1 is 1.25 bits per heavy atom. The number of carbonyl (C=O) groups excluding carboxylic acids is 2. The molecule has 0 spiro atoms. The second-order valence-corrected chi connectivity index (χ2v) is 5.72. The molecule has 0 unspecified atom stereocenters. The maximum absolute atomic E-state index is 11.5. The van der Waals surface area contributed by atoms with Crippen LogP contribution in [0.1, 0.15) is 39.0 Å². The Kier molecular flexibility index (Phi) is 5.37. The minimum Gasteiger partial charge on any atom is -0.394 e. The van der Waals surface area contributed by atoms with Gasteiger partial charge in [-0.2, -0.15) is 0 Å². The predicted octanol–water partition coefficient (Wildman–Crippen LogP) is -0.0527. The number of amides is 2. The van der Waals surface area contributed by atoms with Gasteiger partial charge in [-0.05, 0) is 32.1 Å². The van der Waals surface area contributed by atoms with Crippen molar-refractivity contribution in [3.8, 4) is 0 Å². The number of ether oxygens (including phenoxy) is 1. The second kappa shape index (κ2) is 7.04. The molecule has 0 bridgehead atoms. The summed E-state index contributed by atoms with van der Waals surface area (Å²) in [6.45, 7) is 1.98. The molecule has 0 radical (unpaired) electrons. The Bertz CT molecular complexity index is 357. The number of aliphatic hydroxyl groups excluding tert-OH is 1. The first kappa shape index (κ1) is 15.3. The zero-order chi connectivity index (χ0) is 14.5. The van der Waals surface area contributed by atoms with Crippen LogP contribution in [0.15, 0.2) is 0 Å². The van der Waals surface area contributed by atoms with Crippen LogP contribution >= 0.6 is 0 Å². The third-order valence-corrected chi connectivity index (χ3v) is 3.90. The van der Waals surface area contributed by atoms with Gasteiger partial charge in [0.05, 0.1) is 18.8 Å². The lowest BCUT2D eigenvalue weighted by atomic mass is 9.97. The minimum absolute atomic E-state index is 0.0386.